The fraction of sp³-hybridized carbons (Fsp3) is 0.0870. The minimum absolute atomic E-state index is 0.221. The molecule has 4 rings (SSSR count). The first-order valence-electron chi connectivity index (χ1n) is 8.73. The lowest BCUT2D eigenvalue weighted by molar-refractivity contribution is 0.0936. The highest BCUT2D eigenvalue weighted by molar-refractivity contribution is 5.97. The number of furan rings is 1. The van der Waals surface area contributed by atoms with Gasteiger partial charge in [0.05, 0.1) is 12.7 Å². The SMILES string of the molecule is COc1ccccc1C(=O)NC(c1ccccc1)c1cc2ccccc2o1. The molecule has 4 aromatic rings. The van der Waals surface area contributed by atoms with Crippen LogP contribution in [-0.4, -0.2) is 13.0 Å². The molecule has 3 aromatic carbocycles. The fourth-order valence-electron chi connectivity index (χ4n) is 3.15. The molecule has 1 aromatic heterocycles. The van der Waals surface area contributed by atoms with E-state index >= 15 is 0 Å². The minimum atomic E-state index is -0.406. The van der Waals surface area contributed by atoms with Gasteiger partial charge in [0.2, 0.25) is 0 Å². The molecule has 1 atom stereocenters. The smallest absolute Gasteiger partial charge is 0.255 e. The van der Waals surface area contributed by atoms with Gasteiger partial charge in [-0.15, -0.1) is 0 Å². The molecule has 0 fully saturated rings. The molecule has 134 valence electrons. The van der Waals surface area contributed by atoms with Gasteiger partial charge < -0.3 is 14.5 Å². The first-order valence-corrected chi connectivity index (χ1v) is 8.73. The molecule has 1 N–H and O–H groups in total. The highest BCUT2D eigenvalue weighted by Crippen LogP contribution is 2.29. The van der Waals surface area contributed by atoms with Crippen molar-refractivity contribution in [2.45, 2.75) is 6.04 Å². The number of amides is 1. The summed E-state index contributed by atoms with van der Waals surface area (Å²) in [4.78, 5) is 13.0. The zero-order valence-corrected chi connectivity index (χ0v) is 14.9. The quantitative estimate of drug-likeness (QED) is 0.549. The maximum absolute atomic E-state index is 13.0. The molecular formula is C23H19NO3. The summed E-state index contributed by atoms with van der Waals surface area (Å²) >= 11 is 0. The maximum Gasteiger partial charge on any atom is 0.255 e. The highest BCUT2D eigenvalue weighted by atomic mass is 16.5. The van der Waals surface area contributed by atoms with E-state index in [0.29, 0.717) is 17.1 Å². The van der Waals surface area contributed by atoms with E-state index < -0.39 is 6.04 Å². The Kier molecular flexibility index (Phi) is 4.62. The van der Waals surface area contributed by atoms with Crippen LogP contribution in [0.1, 0.15) is 27.7 Å². The van der Waals surface area contributed by atoms with Crippen LogP contribution in [0.5, 0.6) is 5.75 Å². The zero-order chi connectivity index (χ0) is 18.6. The summed E-state index contributed by atoms with van der Waals surface area (Å²) in [5.74, 6) is 0.999. The van der Waals surface area contributed by atoms with E-state index in [-0.39, 0.29) is 5.91 Å². The topological polar surface area (TPSA) is 51.5 Å². The molecule has 0 spiro atoms. The number of ether oxygens (including phenoxy) is 1. The van der Waals surface area contributed by atoms with Crippen LogP contribution in [0.15, 0.2) is 89.3 Å². The molecule has 0 aliphatic heterocycles. The van der Waals surface area contributed by atoms with Crippen molar-refractivity contribution in [3.63, 3.8) is 0 Å². The van der Waals surface area contributed by atoms with Crippen molar-refractivity contribution in [2.75, 3.05) is 7.11 Å². The van der Waals surface area contributed by atoms with Gasteiger partial charge in [0, 0.05) is 5.39 Å². The Balaban J connectivity index is 1.73. The molecule has 1 unspecified atom stereocenters. The number of hydrogen-bond acceptors (Lipinski definition) is 3. The number of fused-ring (bicyclic) bond motifs is 1. The van der Waals surface area contributed by atoms with Gasteiger partial charge in [-0.1, -0.05) is 60.7 Å². The van der Waals surface area contributed by atoms with E-state index in [2.05, 4.69) is 5.32 Å². The Bertz CT molecular complexity index is 1040. The van der Waals surface area contributed by atoms with Crippen LogP contribution in [0.3, 0.4) is 0 Å². The zero-order valence-electron chi connectivity index (χ0n) is 14.9. The predicted molar refractivity (Wildman–Crippen MR) is 105 cm³/mol. The van der Waals surface area contributed by atoms with Crippen LogP contribution in [0.2, 0.25) is 0 Å². The van der Waals surface area contributed by atoms with Crippen LogP contribution in [-0.2, 0) is 0 Å². The highest BCUT2D eigenvalue weighted by Gasteiger charge is 2.23. The van der Waals surface area contributed by atoms with Crippen LogP contribution in [0.25, 0.3) is 11.0 Å². The van der Waals surface area contributed by atoms with E-state index in [1.165, 1.54) is 0 Å². The first-order chi connectivity index (χ1) is 13.3. The average molecular weight is 357 g/mol. The van der Waals surface area contributed by atoms with Gasteiger partial charge in [0.1, 0.15) is 23.1 Å². The van der Waals surface area contributed by atoms with Crippen molar-refractivity contribution in [1.29, 1.82) is 0 Å². The van der Waals surface area contributed by atoms with Gasteiger partial charge in [0.15, 0.2) is 0 Å². The van der Waals surface area contributed by atoms with Crippen molar-refractivity contribution in [2.24, 2.45) is 0 Å². The Hall–Kier alpha value is -3.53. The normalized spacial score (nSPS) is 11.9. The molecule has 0 saturated heterocycles. The third kappa shape index (κ3) is 3.42. The summed E-state index contributed by atoms with van der Waals surface area (Å²) < 4.78 is 11.4. The second-order valence-electron chi connectivity index (χ2n) is 6.20. The second kappa shape index (κ2) is 7.38. The molecule has 1 amide bonds. The number of carbonyl (C=O) groups excluding carboxylic acids is 1. The van der Waals surface area contributed by atoms with Crippen molar-refractivity contribution >= 4 is 16.9 Å². The van der Waals surface area contributed by atoms with E-state index in [0.717, 1.165) is 16.5 Å². The van der Waals surface area contributed by atoms with Crippen molar-refractivity contribution in [3.05, 3.63) is 102 Å². The Morgan fingerprint density at radius 1 is 0.926 bits per heavy atom. The van der Waals surface area contributed by atoms with Gasteiger partial charge in [-0.05, 0) is 29.8 Å². The Labute approximate surface area is 157 Å². The lowest BCUT2D eigenvalue weighted by Gasteiger charge is -2.18. The van der Waals surface area contributed by atoms with E-state index in [4.69, 9.17) is 9.15 Å². The van der Waals surface area contributed by atoms with E-state index in [9.17, 15) is 4.79 Å². The fourth-order valence-corrected chi connectivity index (χ4v) is 3.15. The van der Waals surface area contributed by atoms with Gasteiger partial charge in [-0.3, -0.25) is 4.79 Å². The second-order valence-corrected chi connectivity index (χ2v) is 6.20. The van der Waals surface area contributed by atoms with Crippen molar-refractivity contribution in [3.8, 4) is 5.75 Å². The molecule has 0 radical (unpaired) electrons. The molecule has 4 heteroatoms. The van der Waals surface area contributed by atoms with Gasteiger partial charge in [-0.25, -0.2) is 0 Å². The Morgan fingerprint density at radius 3 is 2.41 bits per heavy atom. The third-order valence-corrected chi connectivity index (χ3v) is 4.49. The lowest BCUT2D eigenvalue weighted by Crippen LogP contribution is -2.29. The van der Waals surface area contributed by atoms with Crippen molar-refractivity contribution < 1.29 is 13.9 Å². The molecule has 0 aliphatic rings. The summed E-state index contributed by atoms with van der Waals surface area (Å²) in [6.07, 6.45) is 0. The largest absolute Gasteiger partial charge is 0.496 e. The number of benzene rings is 3. The molecule has 0 bridgehead atoms. The monoisotopic (exact) mass is 357 g/mol. The number of methoxy groups -OCH3 is 1. The molecule has 1 heterocycles. The molecule has 27 heavy (non-hydrogen) atoms. The van der Waals surface area contributed by atoms with Crippen LogP contribution >= 0.6 is 0 Å². The lowest BCUT2D eigenvalue weighted by atomic mass is 10.0. The number of carbonyl (C=O) groups is 1. The average Bonchev–Trinajstić information content (AvgIpc) is 3.16. The summed E-state index contributed by atoms with van der Waals surface area (Å²) in [5, 5.41) is 4.09. The number of para-hydroxylation sites is 2. The summed E-state index contributed by atoms with van der Waals surface area (Å²) in [7, 11) is 1.56. The summed E-state index contributed by atoms with van der Waals surface area (Å²) in [5.41, 5.74) is 2.22. The predicted octanol–water partition coefficient (Wildman–Crippen LogP) is 4.96. The third-order valence-electron chi connectivity index (χ3n) is 4.49. The summed E-state index contributed by atoms with van der Waals surface area (Å²) in [6, 6.07) is 26.3. The molecule has 4 nitrogen and oxygen atoms in total. The van der Waals surface area contributed by atoms with Crippen LogP contribution < -0.4 is 10.1 Å². The maximum atomic E-state index is 13.0. The number of hydrogen-bond donors (Lipinski definition) is 1. The summed E-state index contributed by atoms with van der Waals surface area (Å²) in [6.45, 7) is 0. The molecular weight excluding hydrogens is 338 g/mol. The van der Waals surface area contributed by atoms with E-state index in [1.807, 2.05) is 72.8 Å². The standard InChI is InChI=1S/C23H19NO3/c1-26-20-14-8-6-12-18(20)23(25)24-22(16-9-3-2-4-10-16)21-15-17-11-5-7-13-19(17)27-21/h2-15,22H,1H3,(H,24,25). The van der Waals surface area contributed by atoms with Crippen molar-refractivity contribution in [1.82, 2.24) is 5.32 Å². The van der Waals surface area contributed by atoms with Gasteiger partial charge in [0.25, 0.3) is 5.91 Å². The molecule has 0 saturated carbocycles. The Morgan fingerprint density at radius 2 is 1.63 bits per heavy atom. The van der Waals surface area contributed by atoms with Gasteiger partial charge >= 0.3 is 0 Å². The number of rotatable bonds is 5. The van der Waals surface area contributed by atoms with Gasteiger partial charge in [-0.2, -0.15) is 0 Å². The minimum Gasteiger partial charge on any atom is -0.496 e. The van der Waals surface area contributed by atoms with Crippen LogP contribution in [0, 0.1) is 0 Å². The van der Waals surface area contributed by atoms with E-state index in [1.54, 1.807) is 19.2 Å². The van der Waals surface area contributed by atoms with Crippen LogP contribution in [0.4, 0.5) is 0 Å². The number of nitrogens with one attached hydrogen (secondary N) is 1. The molecule has 0 aliphatic carbocycles. The first kappa shape index (κ1) is 16.9.